The maximum atomic E-state index is 9.54. The number of hydrogen-bond donors (Lipinski definition) is 1. The van der Waals surface area contributed by atoms with Gasteiger partial charge in [-0.05, 0) is 12.3 Å². The van der Waals surface area contributed by atoms with Gasteiger partial charge in [0.1, 0.15) is 12.2 Å². The number of ether oxygens (including phenoxy) is 2. The van der Waals surface area contributed by atoms with Crippen molar-refractivity contribution >= 4 is 0 Å². The lowest BCUT2D eigenvalue weighted by atomic mass is 9.87. The third-order valence-corrected chi connectivity index (χ3v) is 2.77. The molecule has 1 saturated heterocycles. The summed E-state index contributed by atoms with van der Waals surface area (Å²) in [6.07, 6.45) is 4.73. The molecule has 80 valence electrons. The van der Waals surface area contributed by atoms with Crippen LogP contribution in [0.1, 0.15) is 20.3 Å². The Labute approximate surface area is 85.4 Å². The van der Waals surface area contributed by atoms with Gasteiger partial charge in [0.2, 0.25) is 0 Å². The molecule has 3 heteroatoms. The van der Waals surface area contributed by atoms with E-state index in [-0.39, 0.29) is 18.3 Å². The summed E-state index contributed by atoms with van der Waals surface area (Å²) in [6, 6.07) is 0. The van der Waals surface area contributed by atoms with Crippen LogP contribution in [0.3, 0.4) is 0 Å². The summed E-state index contributed by atoms with van der Waals surface area (Å²) >= 11 is 0. The van der Waals surface area contributed by atoms with E-state index in [4.69, 9.17) is 15.9 Å². The zero-order valence-corrected chi connectivity index (χ0v) is 8.93. The Balaban J connectivity index is 2.65. The number of rotatable bonds is 2. The normalized spacial score (nSPS) is 40.2. The SMILES string of the molecule is C#CC(O)C1OC(OC)C(C)CC1C. The molecular weight excluding hydrogens is 180 g/mol. The Hall–Kier alpha value is -0.560. The van der Waals surface area contributed by atoms with Crippen LogP contribution in [0.2, 0.25) is 0 Å². The fourth-order valence-corrected chi connectivity index (χ4v) is 2.02. The quantitative estimate of drug-likeness (QED) is 0.673. The fraction of sp³-hybridized carbons (Fsp3) is 0.818. The van der Waals surface area contributed by atoms with Gasteiger partial charge < -0.3 is 14.6 Å². The van der Waals surface area contributed by atoms with Gasteiger partial charge in [-0.25, -0.2) is 0 Å². The summed E-state index contributed by atoms with van der Waals surface area (Å²) in [4.78, 5) is 0. The average molecular weight is 198 g/mol. The highest BCUT2D eigenvalue weighted by Gasteiger charge is 2.36. The lowest BCUT2D eigenvalue weighted by molar-refractivity contribution is -0.235. The molecule has 0 radical (unpaired) electrons. The van der Waals surface area contributed by atoms with E-state index in [1.165, 1.54) is 0 Å². The van der Waals surface area contributed by atoms with Crippen molar-refractivity contribution in [1.29, 1.82) is 0 Å². The highest BCUT2D eigenvalue weighted by atomic mass is 16.7. The van der Waals surface area contributed by atoms with Crippen molar-refractivity contribution in [3.8, 4) is 12.3 Å². The highest BCUT2D eigenvalue weighted by molar-refractivity contribution is 5.00. The molecule has 0 amide bonds. The minimum atomic E-state index is -0.838. The Morgan fingerprint density at radius 3 is 2.64 bits per heavy atom. The topological polar surface area (TPSA) is 38.7 Å². The molecule has 0 aromatic heterocycles. The maximum Gasteiger partial charge on any atom is 0.160 e. The molecule has 14 heavy (non-hydrogen) atoms. The number of methoxy groups -OCH3 is 1. The van der Waals surface area contributed by atoms with Crippen LogP contribution in [-0.4, -0.2) is 30.7 Å². The first-order valence-electron chi connectivity index (χ1n) is 4.92. The van der Waals surface area contributed by atoms with Crippen molar-refractivity contribution in [2.24, 2.45) is 11.8 Å². The Kier molecular flexibility index (Phi) is 3.94. The maximum absolute atomic E-state index is 9.54. The predicted octanol–water partition coefficient (Wildman–Crippen LogP) is 1.01. The van der Waals surface area contributed by atoms with Crippen molar-refractivity contribution in [2.75, 3.05) is 7.11 Å². The summed E-state index contributed by atoms with van der Waals surface area (Å²) in [6.45, 7) is 4.11. The van der Waals surface area contributed by atoms with Crippen LogP contribution < -0.4 is 0 Å². The lowest BCUT2D eigenvalue weighted by Crippen LogP contribution is -2.45. The molecule has 0 saturated carbocycles. The van der Waals surface area contributed by atoms with Gasteiger partial charge >= 0.3 is 0 Å². The van der Waals surface area contributed by atoms with E-state index in [9.17, 15) is 5.11 Å². The third kappa shape index (κ3) is 2.27. The molecule has 1 aliphatic heterocycles. The van der Waals surface area contributed by atoms with E-state index in [0.29, 0.717) is 5.92 Å². The lowest BCUT2D eigenvalue weighted by Gasteiger charge is -2.39. The molecule has 5 unspecified atom stereocenters. The summed E-state index contributed by atoms with van der Waals surface area (Å²) < 4.78 is 10.8. The van der Waals surface area contributed by atoms with Crippen molar-refractivity contribution < 1.29 is 14.6 Å². The summed E-state index contributed by atoms with van der Waals surface area (Å²) in [5.41, 5.74) is 0. The summed E-state index contributed by atoms with van der Waals surface area (Å²) in [7, 11) is 1.61. The van der Waals surface area contributed by atoms with Gasteiger partial charge in [0.05, 0.1) is 0 Å². The molecular formula is C11H18O3. The molecule has 5 atom stereocenters. The number of aliphatic hydroxyl groups is 1. The first-order chi connectivity index (χ1) is 6.60. The van der Waals surface area contributed by atoms with Crippen molar-refractivity contribution in [3.63, 3.8) is 0 Å². The van der Waals surface area contributed by atoms with Gasteiger partial charge in [0.15, 0.2) is 6.29 Å². The standard InChI is InChI=1S/C11H18O3/c1-5-9(12)10-7(2)6-8(3)11(13-4)14-10/h1,7-12H,6H2,2-4H3. The van der Waals surface area contributed by atoms with E-state index in [1.807, 2.05) is 6.92 Å². The minimum Gasteiger partial charge on any atom is -0.378 e. The zero-order valence-electron chi connectivity index (χ0n) is 8.93. The van der Waals surface area contributed by atoms with E-state index < -0.39 is 6.10 Å². The van der Waals surface area contributed by atoms with Crippen molar-refractivity contribution in [3.05, 3.63) is 0 Å². The van der Waals surface area contributed by atoms with Crippen LogP contribution in [0, 0.1) is 24.2 Å². The van der Waals surface area contributed by atoms with E-state index in [0.717, 1.165) is 6.42 Å². The second-order valence-corrected chi connectivity index (χ2v) is 4.01. The van der Waals surface area contributed by atoms with Gasteiger partial charge in [-0.1, -0.05) is 19.8 Å². The van der Waals surface area contributed by atoms with Crippen molar-refractivity contribution in [1.82, 2.24) is 0 Å². The first-order valence-corrected chi connectivity index (χ1v) is 4.92. The fourth-order valence-electron chi connectivity index (χ4n) is 2.02. The van der Waals surface area contributed by atoms with Gasteiger partial charge in [-0.2, -0.15) is 0 Å². The largest absolute Gasteiger partial charge is 0.378 e. The van der Waals surface area contributed by atoms with Crippen LogP contribution in [0.5, 0.6) is 0 Å². The van der Waals surface area contributed by atoms with Gasteiger partial charge in [-0.3, -0.25) is 0 Å². The van der Waals surface area contributed by atoms with E-state index in [1.54, 1.807) is 7.11 Å². The zero-order chi connectivity index (χ0) is 10.7. The number of hydrogen-bond acceptors (Lipinski definition) is 3. The molecule has 3 nitrogen and oxygen atoms in total. The molecule has 1 N–H and O–H groups in total. The molecule has 0 aromatic carbocycles. The van der Waals surface area contributed by atoms with Crippen LogP contribution in [-0.2, 0) is 9.47 Å². The second kappa shape index (κ2) is 4.79. The molecule has 1 rings (SSSR count). The number of terminal acetylenes is 1. The van der Waals surface area contributed by atoms with E-state index >= 15 is 0 Å². The van der Waals surface area contributed by atoms with Gasteiger partial charge in [0, 0.05) is 13.0 Å². The average Bonchev–Trinajstić information content (AvgIpc) is 2.17. The Bertz CT molecular complexity index is 221. The molecule has 1 fully saturated rings. The second-order valence-electron chi connectivity index (χ2n) is 4.01. The molecule has 1 aliphatic rings. The Morgan fingerprint density at radius 1 is 1.50 bits per heavy atom. The number of aliphatic hydroxyl groups excluding tert-OH is 1. The monoisotopic (exact) mass is 198 g/mol. The van der Waals surface area contributed by atoms with E-state index in [2.05, 4.69) is 12.8 Å². The molecule has 1 heterocycles. The predicted molar refractivity (Wildman–Crippen MR) is 53.5 cm³/mol. The van der Waals surface area contributed by atoms with Crippen LogP contribution in [0.15, 0.2) is 0 Å². The smallest absolute Gasteiger partial charge is 0.160 e. The van der Waals surface area contributed by atoms with Crippen LogP contribution >= 0.6 is 0 Å². The Morgan fingerprint density at radius 2 is 2.14 bits per heavy atom. The molecule has 0 spiro atoms. The van der Waals surface area contributed by atoms with Crippen LogP contribution in [0.25, 0.3) is 0 Å². The van der Waals surface area contributed by atoms with Crippen LogP contribution in [0.4, 0.5) is 0 Å². The first kappa shape index (κ1) is 11.5. The molecule has 0 aliphatic carbocycles. The third-order valence-electron chi connectivity index (χ3n) is 2.77. The summed E-state index contributed by atoms with van der Waals surface area (Å²) in [5.74, 6) is 2.91. The summed E-state index contributed by atoms with van der Waals surface area (Å²) in [5, 5.41) is 9.54. The molecule has 0 bridgehead atoms. The highest BCUT2D eigenvalue weighted by Crippen LogP contribution is 2.31. The molecule has 0 aromatic rings. The van der Waals surface area contributed by atoms with Gasteiger partial charge in [-0.15, -0.1) is 6.42 Å². The minimum absolute atomic E-state index is 0.251. The van der Waals surface area contributed by atoms with Gasteiger partial charge in [0.25, 0.3) is 0 Å². The van der Waals surface area contributed by atoms with Crippen molar-refractivity contribution in [2.45, 2.75) is 38.8 Å².